The van der Waals surface area contributed by atoms with Crippen molar-refractivity contribution in [1.29, 1.82) is 0 Å². The first kappa shape index (κ1) is 21.8. The van der Waals surface area contributed by atoms with Crippen molar-refractivity contribution in [3.63, 3.8) is 0 Å². The first-order valence-electron chi connectivity index (χ1n) is 11.0. The van der Waals surface area contributed by atoms with Gasteiger partial charge in [0.25, 0.3) is 0 Å². The molecule has 5 nitrogen and oxygen atoms in total. The van der Waals surface area contributed by atoms with Crippen LogP contribution in [0, 0.1) is 5.92 Å². The summed E-state index contributed by atoms with van der Waals surface area (Å²) in [6.45, 7) is 4.40. The summed E-state index contributed by atoms with van der Waals surface area (Å²) < 4.78 is 5.63. The van der Waals surface area contributed by atoms with Gasteiger partial charge < -0.3 is 9.64 Å². The Balaban J connectivity index is 1.44. The lowest BCUT2D eigenvalue weighted by atomic mass is 9.91. The SMILES string of the molecule is CC(=O)C1=C2CCCN2C=C[C@H]1COC(=O)[C@@H](C)c1cccc(C(=O)c2ccccc2)c1. The lowest BCUT2D eigenvalue weighted by molar-refractivity contribution is -0.146. The van der Waals surface area contributed by atoms with Gasteiger partial charge in [-0.2, -0.15) is 0 Å². The Morgan fingerprint density at radius 1 is 1.06 bits per heavy atom. The van der Waals surface area contributed by atoms with Crippen molar-refractivity contribution >= 4 is 17.5 Å². The zero-order chi connectivity index (χ0) is 22.7. The van der Waals surface area contributed by atoms with Gasteiger partial charge in [-0.05, 0) is 38.3 Å². The van der Waals surface area contributed by atoms with Gasteiger partial charge in [0.2, 0.25) is 0 Å². The highest BCUT2D eigenvalue weighted by atomic mass is 16.5. The Kier molecular flexibility index (Phi) is 6.35. The van der Waals surface area contributed by atoms with Crippen LogP contribution in [-0.2, 0) is 14.3 Å². The lowest BCUT2D eigenvalue weighted by Crippen LogP contribution is -2.27. The monoisotopic (exact) mass is 429 g/mol. The van der Waals surface area contributed by atoms with Gasteiger partial charge in [0.05, 0.1) is 5.92 Å². The number of carbonyl (C=O) groups is 3. The number of ether oxygens (including phenoxy) is 1. The highest BCUT2D eigenvalue weighted by molar-refractivity contribution is 6.09. The molecule has 0 aromatic heterocycles. The molecule has 0 radical (unpaired) electrons. The molecule has 2 heterocycles. The van der Waals surface area contributed by atoms with Crippen LogP contribution in [-0.4, -0.2) is 35.6 Å². The molecule has 2 aromatic carbocycles. The third kappa shape index (κ3) is 4.42. The molecule has 4 rings (SSSR count). The van der Waals surface area contributed by atoms with Crippen LogP contribution in [0.4, 0.5) is 0 Å². The second kappa shape index (κ2) is 9.35. The highest BCUT2D eigenvalue weighted by Gasteiger charge is 2.31. The smallest absolute Gasteiger partial charge is 0.313 e. The van der Waals surface area contributed by atoms with E-state index in [4.69, 9.17) is 4.74 Å². The molecule has 0 spiro atoms. The zero-order valence-electron chi connectivity index (χ0n) is 18.4. The summed E-state index contributed by atoms with van der Waals surface area (Å²) in [6, 6.07) is 16.2. The second-order valence-corrected chi connectivity index (χ2v) is 8.33. The summed E-state index contributed by atoms with van der Waals surface area (Å²) in [5.41, 5.74) is 3.67. The maximum Gasteiger partial charge on any atom is 0.313 e. The van der Waals surface area contributed by atoms with Gasteiger partial charge in [0, 0.05) is 41.1 Å². The summed E-state index contributed by atoms with van der Waals surface area (Å²) in [5, 5.41) is 0. The third-order valence-corrected chi connectivity index (χ3v) is 6.16. The van der Waals surface area contributed by atoms with E-state index in [0.717, 1.165) is 36.2 Å². The summed E-state index contributed by atoms with van der Waals surface area (Å²) in [7, 11) is 0. The molecule has 0 unspecified atom stereocenters. The minimum atomic E-state index is -0.525. The molecule has 1 saturated heterocycles. The molecule has 0 aliphatic carbocycles. The maximum atomic E-state index is 12.8. The quantitative estimate of drug-likeness (QED) is 0.474. The molecule has 2 aliphatic rings. The van der Waals surface area contributed by atoms with E-state index in [9.17, 15) is 14.4 Å². The first-order chi connectivity index (χ1) is 15.5. The number of hydrogen-bond donors (Lipinski definition) is 0. The number of esters is 1. The van der Waals surface area contributed by atoms with Crippen LogP contribution in [0.5, 0.6) is 0 Å². The Labute approximate surface area is 188 Å². The first-order valence-corrected chi connectivity index (χ1v) is 11.0. The van der Waals surface area contributed by atoms with Crippen LogP contribution in [0.2, 0.25) is 0 Å². The molecule has 5 heteroatoms. The molecule has 0 N–H and O–H groups in total. The summed E-state index contributed by atoms with van der Waals surface area (Å²) in [4.78, 5) is 39.9. The molecule has 0 bridgehead atoms. The predicted octanol–water partition coefficient (Wildman–Crippen LogP) is 4.65. The van der Waals surface area contributed by atoms with Gasteiger partial charge in [0.1, 0.15) is 6.61 Å². The Morgan fingerprint density at radius 2 is 1.81 bits per heavy atom. The molecule has 1 fully saturated rings. The fourth-order valence-electron chi connectivity index (χ4n) is 4.41. The number of hydrogen-bond acceptors (Lipinski definition) is 5. The lowest BCUT2D eigenvalue weighted by Gasteiger charge is -2.28. The van der Waals surface area contributed by atoms with Crippen molar-refractivity contribution in [1.82, 2.24) is 4.90 Å². The molecule has 2 aliphatic heterocycles. The van der Waals surface area contributed by atoms with Crippen LogP contribution in [0.25, 0.3) is 0 Å². The van der Waals surface area contributed by atoms with E-state index in [2.05, 4.69) is 4.90 Å². The number of allylic oxidation sites excluding steroid dienone is 1. The fourth-order valence-corrected chi connectivity index (χ4v) is 4.41. The molecule has 0 amide bonds. The zero-order valence-corrected chi connectivity index (χ0v) is 18.4. The van der Waals surface area contributed by atoms with Gasteiger partial charge in [0.15, 0.2) is 11.6 Å². The normalized spacial score (nSPS) is 18.3. The van der Waals surface area contributed by atoms with Crippen molar-refractivity contribution < 1.29 is 19.1 Å². The van der Waals surface area contributed by atoms with Gasteiger partial charge >= 0.3 is 5.97 Å². The van der Waals surface area contributed by atoms with E-state index >= 15 is 0 Å². The Bertz CT molecular complexity index is 1100. The van der Waals surface area contributed by atoms with E-state index in [1.54, 1.807) is 44.2 Å². The van der Waals surface area contributed by atoms with Gasteiger partial charge in [-0.3, -0.25) is 14.4 Å². The number of carbonyl (C=O) groups excluding carboxylic acids is 3. The van der Waals surface area contributed by atoms with Crippen molar-refractivity contribution in [2.45, 2.75) is 32.6 Å². The average molecular weight is 430 g/mol. The number of benzene rings is 2. The molecule has 32 heavy (non-hydrogen) atoms. The van der Waals surface area contributed by atoms with Crippen LogP contribution in [0.1, 0.15) is 54.1 Å². The van der Waals surface area contributed by atoms with Crippen molar-refractivity contribution in [3.05, 3.63) is 94.8 Å². The van der Waals surface area contributed by atoms with Crippen LogP contribution in [0.3, 0.4) is 0 Å². The number of nitrogens with zero attached hydrogens (tertiary/aromatic N) is 1. The fraction of sp³-hybridized carbons (Fsp3) is 0.296. The van der Waals surface area contributed by atoms with E-state index in [1.165, 1.54) is 0 Å². The number of Topliss-reactive ketones (excluding diaryl/α,β-unsaturated/α-hetero) is 1. The van der Waals surface area contributed by atoms with Crippen molar-refractivity contribution in [3.8, 4) is 0 Å². The number of fused-ring (bicyclic) bond motifs is 1. The van der Waals surface area contributed by atoms with E-state index in [1.807, 2.05) is 36.5 Å². The third-order valence-electron chi connectivity index (χ3n) is 6.16. The molecule has 2 atom stereocenters. The van der Waals surface area contributed by atoms with Crippen LogP contribution < -0.4 is 0 Å². The highest BCUT2D eigenvalue weighted by Crippen LogP contribution is 2.34. The molecule has 0 saturated carbocycles. The largest absolute Gasteiger partial charge is 0.464 e. The standard InChI is InChI=1S/C27H27NO4/c1-18(21-10-6-11-22(16-21)26(30)20-8-4-3-5-9-20)27(31)32-17-23-13-15-28-14-7-12-24(28)25(23)19(2)29/h3-6,8-11,13,15-16,18,23H,7,12,14,17H2,1-2H3/t18-,23-/m0/s1. The summed E-state index contributed by atoms with van der Waals surface area (Å²) in [6.07, 6.45) is 5.85. The molecular weight excluding hydrogens is 402 g/mol. The van der Waals surface area contributed by atoms with Crippen molar-refractivity contribution in [2.24, 2.45) is 5.92 Å². The Hall–Kier alpha value is -3.47. The second-order valence-electron chi connectivity index (χ2n) is 8.33. The van der Waals surface area contributed by atoms with Gasteiger partial charge in [-0.15, -0.1) is 0 Å². The topological polar surface area (TPSA) is 63.7 Å². The predicted molar refractivity (Wildman–Crippen MR) is 122 cm³/mol. The minimum Gasteiger partial charge on any atom is -0.464 e. The molecule has 164 valence electrons. The van der Waals surface area contributed by atoms with E-state index in [-0.39, 0.29) is 30.1 Å². The van der Waals surface area contributed by atoms with E-state index < -0.39 is 5.92 Å². The van der Waals surface area contributed by atoms with Gasteiger partial charge in [-0.1, -0.05) is 54.6 Å². The van der Waals surface area contributed by atoms with E-state index in [0.29, 0.717) is 11.1 Å². The number of rotatable bonds is 7. The van der Waals surface area contributed by atoms with Gasteiger partial charge in [-0.25, -0.2) is 0 Å². The number of ketones is 2. The summed E-state index contributed by atoms with van der Waals surface area (Å²) in [5.74, 6) is -1.18. The van der Waals surface area contributed by atoms with Crippen LogP contribution in [0.15, 0.2) is 78.1 Å². The Morgan fingerprint density at radius 3 is 2.56 bits per heavy atom. The van der Waals surface area contributed by atoms with Crippen molar-refractivity contribution in [2.75, 3.05) is 13.2 Å². The maximum absolute atomic E-state index is 12.8. The molecule has 2 aromatic rings. The minimum absolute atomic E-state index is 0.0254. The molecular formula is C27H27NO4. The summed E-state index contributed by atoms with van der Waals surface area (Å²) >= 11 is 0. The van der Waals surface area contributed by atoms with Crippen LogP contribution >= 0.6 is 0 Å². The average Bonchev–Trinajstić information content (AvgIpc) is 3.30.